The van der Waals surface area contributed by atoms with E-state index in [2.05, 4.69) is 0 Å². The molecule has 0 bridgehead atoms. The van der Waals surface area contributed by atoms with Gasteiger partial charge in [-0.3, -0.25) is 9.20 Å². The van der Waals surface area contributed by atoms with Crippen LogP contribution in [0.2, 0.25) is 0 Å². The molecule has 1 aliphatic heterocycles. The Morgan fingerprint density at radius 1 is 1.24 bits per heavy atom. The zero-order valence-electron chi connectivity index (χ0n) is 19.4. The third-order valence-corrected chi connectivity index (χ3v) is 10.5. The van der Waals surface area contributed by atoms with Gasteiger partial charge < -0.3 is 14.6 Å². The molecule has 12 nitrogen and oxygen atoms in total. The number of amides is 1. The van der Waals surface area contributed by atoms with Gasteiger partial charge in [-0.15, -0.1) is 11.6 Å². The van der Waals surface area contributed by atoms with Crippen molar-refractivity contribution in [1.82, 2.24) is 9.41 Å². The minimum absolute atomic E-state index is 0.0833. The number of carbonyl (C=O) groups excluding carboxylic acids is 3. The van der Waals surface area contributed by atoms with Crippen molar-refractivity contribution in [3.8, 4) is 16.7 Å². The third-order valence-electron chi connectivity index (χ3n) is 5.67. The molecule has 0 radical (unpaired) electrons. The van der Waals surface area contributed by atoms with Gasteiger partial charge in [0.2, 0.25) is 5.82 Å². The van der Waals surface area contributed by atoms with Gasteiger partial charge in [0.15, 0.2) is 16.2 Å². The first-order valence-electron chi connectivity index (χ1n) is 10.6. The number of halogens is 3. The van der Waals surface area contributed by atoms with Crippen LogP contribution in [0.4, 0.5) is 5.82 Å². The van der Waals surface area contributed by atoms with Gasteiger partial charge in [0, 0.05) is 10.7 Å². The van der Waals surface area contributed by atoms with Crippen LogP contribution in [0.5, 0.6) is 5.75 Å². The zero-order chi connectivity index (χ0) is 27.9. The number of methoxy groups -OCH3 is 1. The Hall–Kier alpha value is -2.88. The molecule has 4 rings (SSSR count). The van der Waals surface area contributed by atoms with Crippen LogP contribution in [0, 0.1) is 10.1 Å². The number of hydrogen-bond donors (Lipinski definition) is 1. The molecule has 1 amide bonds. The monoisotopic (exact) mass is 620 g/mol. The molecular weight excluding hydrogens is 605 g/mol. The van der Waals surface area contributed by atoms with Crippen molar-refractivity contribution in [2.75, 3.05) is 18.8 Å². The molecule has 17 heteroatoms. The summed E-state index contributed by atoms with van der Waals surface area (Å²) in [7, 11) is 1.39. The van der Waals surface area contributed by atoms with Crippen LogP contribution >= 0.6 is 48.9 Å². The zero-order valence-corrected chi connectivity index (χ0v) is 23.5. The molecule has 2 atom stereocenters. The third kappa shape index (κ3) is 4.12. The number of esters is 2. The van der Waals surface area contributed by atoms with Gasteiger partial charge in [-0.2, -0.15) is 5.01 Å². The Bertz CT molecular complexity index is 1460. The van der Waals surface area contributed by atoms with Crippen LogP contribution in [0.3, 0.4) is 0 Å². The molecule has 1 saturated heterocycles. The summed E-state index contributed by atoms with van der Waals surface area (Å²) >= 11 is 18.7. The molecule has 1 N–H and O–H groups in total. The molecule has 1 aliphatic rings. The lowest BCUT2D eigenvalue weighted by Crippen LogP contribution is -2.84. The molecule has 2 aromatic heterocycles. The molecular formula is C21H17Cl3N4O8P2. The molecule has 2 unspecified atom stereocenters. The van der Waals surface area contributed by atoms with Crippen molar-refractivity contribution in [3.05, 3.63) is 52.6 Å². The second-order valence-electron chi connectivity index (χ2n) is 7.64. The average Bonchev–Trinajstić information content (AvgIpc) is 3.29. The summed E-state index contributed by atoms with van der Waals surface area (Å²) in [5.74, 6) is -5.16. The highest BCUT2D eigenvalue weighted by Crippen LogP contribution is 2.53. The number of nitrogens with zero attached hydrogens (tertiary/aromatic N) is 4. The van der Waals surface area contributed by atoms with E-state index in [1.54, 1.807) is 30.3 Å². The SMILES string of the molecule is CCOC(=O)C1(C(=O)OC)C(Cl)C(=O)N1N(c1c(O)ccc2c(P(Cl)Cl)pc(-c3ccccc3)n12)[N+](=O)[O-]. The van der Waals surface area contributed by atoms with Crippen molar-refractivity contribution in [1.29, 1.82) is 0 Å². The van der Waals surface area contributed by atoms with E-state index >= 15 is 0 Å². The minimum Gasteiger partial charge on any atom is -0.504 e. The Morgan fingerprint density at radius 3 is 2.45 bits per heavy atom. The molecule has 0 aliphatic carbocycles. The Morgan fingerprint density at radius 2 is 1.89 bits per heavy atom. The van der Waals surface area contributed by atoms with E-state index in [1.807, 2.05) is 0 Å². The summed E-state index contributed by atoms with van der Waals surface area (Å²) in [4.78, 5) is 51.6. The maximum atomic E-state index is 13.1. The van der Waals surface area contributed by atoms with Crippen LogP contribution in [0.15, 0.2) is 42.5 Å². The Balaban J connectivity index is 2.08. The highest BCUT2D eigenvalue weighted by Gasteiger charge is 2.76. The number of β-lactam (4-membered cyclic amide) rings is 1. The molecule has 0 saturated carbocycles. The molecule has 38 heavy (non-hydrogen) atoms. The second-order valence-corrected chi connectivity index (χ2v) is 13.0. The summed E-state index contributed by atoms with van der Waals surface area (Å²) in [6.45, 7) is -0.546. The molecule has 200 valence electrons. The number of fused-ring (bicyclic) bond motifs is 1. The lowest BCUT2D eigenvalue weighted by Gasteiger charge is -2.49. The van der Waals surface area contributed by atoms with Crippen LogP contribution in [0.1, 0.15) is 6.92 Å². The first kappa shape index (κ1) is 28.1. The fourth-order valence-electron chi connectivity index (χ4n) is 4.08. The predicted octanol–water partition coefficient (Wildman–Crippen LogP) is 4.14. The quantitative estimate of drug-likeness (QED) is 0.0746. The van der Waals surface area contributed by atoms with Crippen molar-refractivity contribution in [2.24, 2.45) is 0 Å². The van der Waals surface area contributed by atoms with E-state index in [-0.39, 0.29) is 16.7 Å². The summed E-state index contributed by atoms with van der Waals surface area (Å²) in [6.07, 6.45) is 0. The smallest absolute Gasteiger partial charge is 0.348 e. The van der Waals surface area contributed by atoms with Crippen LogP contribution < -0.4 is 10.2 Å². The van der Waals surface area contributed by atoms with E-state index < -0.39 is 52.0 Å². The van der Waals surface area contributed by atoms with Gasteiger partial charge >= 0.3 is 11.9 Å². The lowest BCUT2D eigenvalue weighted by atomic mass is 9.84. The summed E-state index contributed by atoms with van der Waals surface area (Å²) < 4.78 is 11.0. The number of pyridine rings is 1. The van der Waals surface area contributed by atoms with E-state index in [0.717, 1.165) is 13.2 Å². The molecule has 1 aromatic carbocycles. The first-order valence-corrected chi connectivity index (χ1v) is 15.1. The Kier molecular flexibility index (Phi) is 7.93. The van der Waals surface area contributed by atoms with Gasteiger partial charge in [0.1, 0.15) is 6.63 Å². The number of alkyl halides is 1. The summed E-state index contributed by atoms with van der Waals surface area (Å²) in [5.41, 5.74) is -1.47. The van der Waals surface area contributed by atoms with Crippen LogP contribution in [-0.4, -0.2) is 62.0 Å². The number of benzene rings is 1. The van der Waals surface area contributed by atoms with Crippen molar-refractivity contribution >= 4 is 83.1 Å². The maximum absolute atomic E-state index is 13.1. The number of anilines is 1. The summed E-state index contributed by atoms with van der Waals surface area (Å²) in [6, 6.07) is 11.3. The van der Waals surface area contributed by atoms with Gasteiger partial charge in [-0.05, 0) is 27.2 Å². The average molecular weight is 622 g/mol. The first-order chi connectivity index (χ1) is 18.0. The summed E-state index contributed by atoms with van der Waals surface area (Å²) in [5, 5.41) is 21.3. The molecule has 1 fully saturated rings. The number of rotatable bonds is 8. The topological polar surface area (TPSA) is 144 Å². The highest BCUT2D eigenvalue weighted by atomic mass is 35.9. The standard InChI is InChI=1S/C21H17Cl3N4O8P2/c1-3-36-20(32)21(19(31)35-2)14(22)16(30)26(21)27(28(33)34)15-13(29)10-9-12-18(38(23)24)37-17(25(12)15)11-7-5-4-6-8-11/h4-10,14,29H,3H2,1-2H3. The number of nitro groups is 1. The van der Waals surface area contributed by atoms with Gasteiger partial charge in [-0.1, -0.05) is 52.8 Å². The second kappa shape index (κ2) is 10.7. The Labute approximate surface area is 232 Å². The normalized spacial score (nSPS) is 19.1. The maximum Gasteiger partial charge on any atom is 0.348 e. The van der Waals surface area contributed by atoms with Crippen molar-refractivity contribution in [2.45, 2.75) is 17.8 Å². The highest BCUT2D eigenvalue weighted by molar-refractivity contribution is 8.12. The fourth-order valence-corrected chi connectivity index (χ4v) is 7.65. The van der Waals surface area contributed by atoms with Gasteiger partial charge in [0.25, 0.3) is 11.4 Å². The lowest BCUT2D eigenvalue weighted by molar-refractivity contribution is -0.525. The number of carbonyl (C=O) groups is 3. The number of ether oxygens (including phenoxy) is 2. The number of aromatic nitrogens is 1. The van der Waals surface area contributed by atoms with Crippen LogP contribution in [0.25, 0.3) is 16.5 Å². The van der Waals surface area contributed by atoms with Gasteiger partial charge in [-0.25, -0.2) is 19.7 Å². The van der Waals surface area contributed by atoms with E-state index in [4.69, 9.17) is 43.6 Å². The fraction of sp³-hybridized carbons (Fsp3) is 0.238. The largest absolute Gasteiger partial charge is 0.504 e. The van der Waals surface area contributed by atoms with Crippen molar-refractivity contribution < 1.29 is 34.0 Å². The van der Waals surface area contributed by atoms with Crippen LogP contribution in [-0.2, 0) is 23.9 Å². The molecule has 0 spiro atoms. The van der Waals surface area contributed by atoms with E-state index in [0.29, 0.717) is 29.7 Å². The molecule has 3 aromatic rings. The predicted molar refractivity (Wildman–Crippen MR) is 143 cm³/mol. The molecule has 3 heterocycles. The van der Waals surface area contributed by atoms with E-state index in [9.17, 15) is 29.6 Å². The number of hydrazine groups is 2. The van der Waals surface area contributed by atoms with Gasteiger partial charge in [0.05, 0.1) is 29.7 Å². The number of hydrogen-bond acceptors (Lipinski definition) is 8. The number of aromatic hydroxyl groups is 1. The minimum atomic E-state index is -2.76. The van der Waals surface area contributed by atoms with E-state index in [1.165, 1.54) is 17.4 Å². The van der Waals surface area contributed by atoms with Crippen molar-refractivity contribution in [3.63, 3.8) is 0 Å².